The number of halogens is 4. The summed E-state index contributed by atoms with van der Waals surface area (Å²) in [6.45, 7) is 1.64. The number of hydrogen-bond donors (Lipinski definition) is 0. The molecule has 1 aromatic carbocycles. The number of ketones is 1. The van der Waals surface area contributed by atoms with Crippen LogP contribution in [0.25, 0.3) is 0 Å². The summed E-state index contributed by atoms with van der Waals surface area (Å²) in [5.41, 5.74) is -0.0743. The molecule has 0 aliphatic heterocycles. The standard InChI is InChI=1S/C10H8BrClF2O/c1-5(11)9(15)6-2-3-8(12)7(4-6)10(13)14/h2-5,10H,1H3. The number of hydrogen-bond acceptors (Lipinski definition) is 1. The van der Waals surface area contributed by atoms with Crippen LogP contribution in [0.15, 0.2) is 18.2 Å². The van der Waals surface area contributed by atoms with Crippen LogP contribution < -0.4 is 0 Å². The first-order chi connectivity index (χ1) is 6.93. The van der Waals surface area contributed by atoms with Gasteiger partial charge in [-0.25, -0.2) is 8.78 Å². The van der Waals surface area contributed by atoms with Crippen LogP contribution in [0, 0.1) is 0 Å². The van der Waals surface area contributed by atoms with Crippen molar-refractivity contribution in [1.29, 1.82) is 0 Å². The number of alkyl halides is 3. The highest BCUT2D eigenvalue weighted by molar-refractivity contribution is 9.10. The van der Waals surface area contributed by atoms with Crippen LogP contribution in [0.1, 0.15) is 29.3 Å². The van der Waals surface area contributed by atoms with Crippen molar-refractivity contribution >= 4 is 33.3 Å². The zero-order valence-corrected chi connectivity index (χ0v) is 10.1. The van der Waals surface area contributed by atoms with Gasteiger partial charge in [0.15, 0.2) is 5.78 Å². The molecule has 0 heterocycles. The number of carbonyl (C=O) groups is 1. The molecule has 0 aliphatic carbocycles. The van der Waals surface area contributed by atoms with Crippen LogP contribution in [0.3, 0.4) is 0 Å². The van der Waals surface area contributed by atoms with E-state index in [1.165, 1.54) is 12.1 Å². The minimum absolute atomic E-state index is 0.0243. The predicted octanol–water partition coefficient (Wildman–Crippen LogP) is 4.24. The quantitative estimate of drug-likeness (QED) is 0.602. The van der Waals surface area contributed by atoms with Gasteiger partial charge in [0, 0.05) is 16.1 Å². The van der Waals surface area contributed by atoms with Crippen LogP contribution in [0.5, 0.6) is 0 Å². The van der Waals surface area contributed by atoms with Crippen molar-refractivity contribution in [3.05, 3.63) is 34.3 Å². The van der Waals surface area contributed by atoms with Crippen molar-refractivity contribution in [2.75, 3.05) is 0 Å². The number of carbonyl (C=O) groups excluding carboxylic acids is 1. The fourth-order valence-corrected chi connectivity index (χ4v) is 1.56. The van der Waals surface area contributed by atoms with Gasteiger partial charge in [0.1, 0.15) is 0 Å². The Labute approximate surface area is 99.6 Å². The largest absolute Gasteiger partial charge is 0.293 e. The summed E-state index contributed by atoms with van der Waals surface area (Å²) in [6, 6.07) is 3.88. The van der Waals surface area contributed by atoms with Crippen LogP contribution in [0.2, 0.25) is 5.02 Å². The lowest BCUT2D eigenvalue weighted by Crippen LogP contribution is -2.10. The summed E-state index contributed by atoms with van der Waals surface area (Å²) in [4.78, 5) is 11.1. The first-order valence-corrected chi connectivity index (χ1v) is 5.48. The second-order valence-electron chi connectivity index (χ2n) is 3.02. The molecule has 0 saturated carbocycles. The van der Waals surface area contributed by atoms with E-state index in [9.17, 15) is 13.6 Å². The maximum atomic E-state index is 12.5. The van der Waals surface area contributed by atoms with Gasteiger partial charge < -0.3 is 0 Å². The van der Waals surface area contributed by atoms with Gasteiger partial charge in [0.2, 0.25) is 0 Å². The Morgan fingerprint density at radius 1 is 1.47 bits per heavy atom. The van der Waals surface area contributed by atoms with Crippen LogP contribution in [-0.4, -0.2) is 10.6 Å². The molecule has 82 valence electrons. The van der Waals surface area contributed by atoms with Crippen LogP contribution in [0.4, 0.5) is 8.78 Å². The molecule has 5 heteroatoms. The molecule has 0 saturated heterocycles. The lowest BCUT2D eigenvalue weighted by atomic mass is 10.1. The van der Waals surface area contributed by atoms with Crippen molar-refractivity contribution in [2.45, 2.75) is 18.2 Å². The molecule has 0 amide bonds. The van der Waals surface area contributed by atoms with E-state index < -0.39 is 11.3 Å². The van der Waals surface area contributed by atoms with Crippen LogP contribution in [-0.2, 0) is 0 Å². The van der Waals surface area contributed by atoms with E-state index in [1.54, 1.807) is 6.92 Å². The molecule has 1 rings (SSSR count). The van der Waals surface area contributed by atoms with E-state index in [0.29, 0.717) is 0 Å². The third kappa shape index (κ3) is 2.98. The molecule has 0 aromatic heterocycles. The number of Topliss-reactive ketones (excluding diaryl/α,β-unsaturated/α-hetero) is 1. The maximum Gasteiger partial charge on any atom is 0.265 e. The Morgan fingerprint density at radius 3 is 2.53 bits per heavy atom. The van der Waals surface area contributed by atoms with Crippen molar-refractivity contribution < 1.29 is 13.6 Å². The SMILES string of the molecule is CC(Br)C(=O)c1ccc(Cl)c(C(F)F)c1. The minimum atomic E-state index is -2.67. The second-order valence-corrected chi connectivity index (χ2v) is 4.80. The molecule has 1 nitrogen and oxygen atoms in total. The number of rotatable bonds is 3. The molecule has 0 radical (unpaired) electrons. The first-order valence-electron chi connectivity index (χ1n) is 4.19. The van der Waals surface area contributed by atoms with Gasteiger partial charge in [0.05, 0.1) is 4.83 Å². The molecule has 0 N–H and O–H groups in total. The van der Waals surface area contributed by atoms with E-state index in [-0.39, 0.29) is 21.9 Å². The molecule has 1 aromatic rings. The normalized spacial score (nSPS) is 12.9. The van der Waals surface area contributed by atoms with E-state index in [4.69, 9.17) is 11.6 Å². The van der Waals surface area contributed by atoms with Gasteiger partial charge in [-0.1, -0.05) is 27.5 Å². The molecule has 15 heavy (non-hydrogen) atoms. The molecular weight excluding hydrogens is 289 g/mol. The average molecular weight is 298 g/mol. The van der Waals surface area contributed by atoms with E-state index in [1.807, 2.05) is 0 Å². The summed E-state index contributed by atoms with van der Waals surface area (Å²) >= 11 is 8.66. The van der Waals surface area contributed by atoms with Crippen LogP contribution >= 0.6 is 27.5 Å². The van der Waals surface area contributed by atoms with Gasteiger partial charge in [0.25, 0.3) is 6.43 Å². The lowest BCUT2D eigenvalue weighted by Gasteiger charge is -2.07. The molecular formula is C10H8BrClF2O. The topological polar surface area (TPSA) is 17.1 Å². The van der Waals surface area contributed by atoms with E-state index >= 15 is 0 Å². The highest BCUT2D eigenvalue weighted by atomic mass is 79.9. The van der Waals surface area contributed by atoms with Crippen molar-refractivity contribution in [2.24, 2.45) is 0 Å². The third-order valence-electron chi connectivity index (χ3n) is 1.88. The molecule has 0 fully saturated rings. The lowest BCUT2D eigenvalue weighted by molar-refractivity contribution is 0.0995. The third-order valence-corrected chi connectivity index (χ3v) is 2.64. The molecule has 1 unspecified atom stereocenters. The second kappa shape index (κ2) is 5.03. The monoisotopic (exact) mass is 296 g/mol. The predicted molar refractivity (Wildman–Crippen MR) is 59.1 cm³/mol. The minimum Gasteiger partial charge on any atom is -0.293 e. The zero-order valence-electron chi connectivity index (χ0n) is 7.81. The zero-order chi connectivity index (χ0) is 11.6. The van der Waals surface area contributed by atoms with E-state index in [2.05, 4.69) is 15.9 Å². The molecule has 0 spiro atoms. The van der Waals surface area contributed by atoms with Gasteiger partial charge in [-0.15, -0.1) is 0 Å². The van der Waals surface area contributed by atoms with E-state index in [0.717, 1.165) is 6.07 Å². The van der Waals surface area contributed by atoms with Gasteiger partial charge >= 0.3 is 0 Å². The summed E-state index contributed by atoms with van der Waals surface area (Å²) in [6.07, 6.45) is -2.67. The maximum absolute atomic E-state index is 12.5. The van der Waals surface area contributed by atoms with Gasteiger partial charge in [-0.05, 0) is 25.1 Å². The Bertz CT molecular complexity index is 380. The fourth-order valence-electron chi connectivity index (χ4n) is 1.09. The summed E-state index contributed by atoms with van der Waals surface area (Å²) in [7, 11) is 0. The highest BCUT2D eigenvalue weighted by Crippen LogP contribution is 2.28. The summed E-state index contributed by atoms with van der Waals surface area (Å²) < 4.78 is 24.9. The molecule has 1 atom stereocenters. The van der Waals surface area contributed by atoms with Gasteiger partial charge in [-0.3, -0.25) is 4.79 Å². The summed E-state index contributed by atoms with van der Waals surface area (Å²) in [5.74, 6) is -0.242. The molecule has 0 aliphatic rings. The molecule has 0 bridgehead atoms. The Balaban J connectivity index is 3.13. The average Bonchev–Trinajstić information content (AvgIpc) is 2.16. The first kappa shape index (κ1) is 12.6. The highest BCUT2D eigenvalue weighted by Gasteiger charge is 2.17. The van der Waals surface area contributed by atoms with Crippen molar-refractivity contribution in [3.8, 4) is 0 Å². The number of benzene rings is 1. The Morgan fingerprint density at radius 2 is 2.07 bits per heavy atom. The Kier molecular flexibility index (Phi) is 4.22. The Hall–Kier alpha value is -0.480. The van der Waals surface area contributed by atoms with Gasteiger partial charge in [-0.2, -0.15) is 0 Å². The van der Waals surface area contributed by atoms with Crippen molar-refractivity contribution in [1.82, 2.24) is 0 Å². The van der Waals surface area contributed by atoms with Crippen molar-refractivity contribution in [3.63, 3.8) is 0 Å². The smallest absolute Gasteiger partial charge is 0.265 e. The fraction of sp³-hybridized carbons (Fsp3) is 0.300. The summed E-state index contributed by atoms with van der Waals surface area (Å²) in [5, 5.41) is -0.0243.